The Kier molecular flexibility index (Phi) is 4.37. The molecule has 0 saturated heterocycles. The summed E-state index contributed by atoms with van der Waals surface area (Å²) < 4.78 is 5.26. The van der Waals surface area contributed by atoms with Gasteiger partial charge in [-0.25, -0.2) is 4.79 Å². The highest BCUT2D eigenvalue weighted by molar-refractivity contribution is 6.28. The molecule has 0 radical (unpaired) electrons. The number of carboxylic acid groups (broad SMARTS) is 1. The molecule has 0 saturated carbocycles. The number of rotatable bonds is 4. The number of alkyl halides is 1. The van der Waals surface area contributed by atoms with E-state index < -0.39 is 10.8 Å². The topological polar surface area (TPSA) is 46.5 Å². The largest absolute Gasteiger partial charge is 0.497 e. The first-order valence-corrected chi connectivity index (χ1v) is 8.21. The van der Waals surface area contributed by atoms with Crippen molar-refractivity contribution in [3.05, 3.63) is 77.1 Å². The van der Waals surface area contributed by atoms with Gasteiger partial charge in [0.2, 0.25) is 0 Å². The molecule has 1 aromatic carbocycles. The first-order chi connectivity index (χ1) is 11.4. The monoisotopic (exact) mass is 342 g/mol. The molecule has 124 valence electrons. The maximum Gasteiger partial charge on any atom is 0.336 e. The zero-order chi connectivity index (χ0) is 17.3. The van der Waals surface area contributed by atoms with Crippen LogP contribution < -0.4 is 0 Å². The van der Waals surface area contributed by atoms with E-state index in [1.165, 1.54) is 0 Å². The van der Waals surface area contributed by atoms with Crippen molar-refractivity contribution in [3.63, 3.8) is 0 Å². The lowest BCUT2D eigenvalue weighted by Gasteiger charge is -2.29. The maximum absolute atomic E-state index is 11.9. The highest BCUT2D eigenvalue weighted by Gasteiger charge is 2.34. The molecule has 0 bridgehead atoms. The molecule has 3 nitrogen and oxygen atoms in total. The summed E-state index contributed by atoms with van der Waals surface area (Å²) in [7, 11) is 1.57. The molecule has 24 heavy (non-hydrogen) atoms. The quantitative estimate of drug-likeness (QED) is 0.653. The fourth-order valence-corrected chi connectivity index (χ4v) is 3.39. The molecule has 2 aliphatic carbocycles. The van der Waals surface area contributed by atoms with E-state index >= 15 is 0 Å². The fraction of sp³-hybridized carbons (Fsp3) is 0.250. The number of aliphatic carboxylic acids is 1. The van der Waals surface area contributed by atoms with Gasteiger partial charge < -0.3 is 9.84 Å². The molecule has 1 aromatic rings. The van der Waals surface area contributed by atoms with Crippen molar-refractivity contribution >= 4 is 23.1 Å². The number of benzene rings is 1. The van der Waals surface area contributed by atoms with E-state index in [1.54, 1.807) is 19.3 Å². The Morgan fingerprint density at radius 1 is 1.42 bits per heavy atom. The summed E-state index contributed by atoms with van der Waals surface area (Å²) in [4.78, 5) is 11.0. The smallest absolute Gasteiger partial charge is 0.336 e. The molecule has 3 rings (SSSR count). The van der Waals surface area contributed by atoms with E-state index in [2.05, 4.69) is 0 Å². The van der Waals surface area contributed by atoms with Gasteiger partial charge in [-0.15, -0.1) is 11.6 Å². The minimum atomic E-state index is -0.980. The predicted molar refractivity (Wildman–Crippen MR) is 95.8 cm³/mol. The maximum atomic E-state index is 11.9. The van der Waals surface area contributed by atoms with Crippen LogP contribution in [0.3, 0.4) is 0 Å². The zero-order valence-corrected chi connectivity index (χ0v) is 14.4. The second-order valence-corrected chi connectivity index (χ2v) is 6.72. The average molecular weight is 343 g/mol. The molecule has 0 heterocycles. The third-order valence-electron chi connectivity index (χ3n) is 4.57. The molecular formula is C20H19ClO3. The van der Waals surface area contributed by atoms with Gasteiger partial charge in [0.05, 0.1) is 17.6 Å². The average Bonchev–Trinajstić information content (AvgIpc) is 2.99. The van der Waals surface area contributed by atoms with Gasteiger partial charge in [-0.1, -0.05) is 43.3 Å². The lowest BCUT2D eigenvalue weighted by atomic mass is 9.85. The number of fused-ring (bicyclic) bond motifs is 1. The van der Waals surface area contributed by atoms with Crippen LogP contribution in [0, 0.1) is 5.92 Å². The van der Waals surface area contributed by atoms with Crippen molar-refractivity contribution in [1.29, 1.82) is 0 Å². The number of ether oxygens (including phenoxy) is 1. The Hall–Kier alpha value is -2.26. The van der Waals surface area contributed by atoms with E-state index in [1.807, 2.05) is 49.4 Å². The lowest BCUT2D eigenvalue weighted by molar-refractivity contribution is -0.132. The summed E-state index contributed by atoms with van der Waals surface area (Å²) in [5.41, 5.74) is 3.05. The summed E-state index contributed by atoms with van der Waals surface area (Å²) in [6, 6.07) is 7.85. The number of hydrogen-bond donors (Lipinski definition) is 1. The van der Waals surface area contributed by atoms with Crippen LogP contribution in [0.4, 0.5) is 0 Å². The minimum absolute atomic E-state index is 0.0512. The van der Waals surface area contributed by atoms with Crippen molar-refractivity contribution in [2.24, 2.45) is 5.92 Å². The number of allylic oxidation sites excluding steroid dienone is 5. The minimum Gasteiger partial charge on any atom is -0.497 e. The third kappa shape index (κ3) is 2.92. The Labute approximate surface area is 146 Å². The van der Waals surface area contributed by atoms with E-state index in [0.29, 0.717) is 5.76 Å². The van der Waals surface area contributed by atoms with E-state index in [-0.39, 0.29) is 11.5 Å². The van der Waals surface area contributed by atoms with Crippen LogP contribution in [0.2, 0.25) is 0 Å². The number of halogens is 1. The van der Waals surface area contributed by atoms with Crippen LogP contribution in [0.1, 0.15) is 18.1 Å². The molecule has 2 unspecified atom stereocenters. The summed E-state index contributed by atoms with van der Waals surface area (Å²) in [6.45, 7) is 1.96. The van der Waals surface area contributed by atoms with Crippen LogP contribution in [-0.4, -0.2) is 23.1 Å². The van der Waals surface area contributed by atoms with Crippen LogP contribution in [-0.2, 0) is 16.0 Å². The van der Waals surface area contributed by atoms with Gasteiger partial charge >= 0.3 is 5.97 Å². The van der Waals surface area contributed by atoms with Crippen molar-refractivity contribution in [2.45, 2.75) is 18.2 Å². The molecule has 0 aromatic heterocycles. The molecule has 1 N–H and O–H groups in total. The second-order valence-electron chi connectivity index (χ2n) is 6.07. The van der Waals surface area contributed by atoms with Crippen molar-refractivity contribution in [3.8, 4) is 0 Å². The Morgan fingerprint density at radius 3 is 2.88 bits per heavy atom. The first-order valence-electron chi connectivity index (χ1n) is 7.83. The summed E-state index contributed by atoms with van der Waals surface area (Å²) in [6.07, 6.45) is 9.87. The molecule has 0 fully saturated rings. The first kappa shape index (κ1) is 16.6. The number of carbonyl (C=O) groups is 1. The van der Waals surface area contributed by atoms with Gasteiger partial charge in [0.1, 0.15) is 5.76 Å². The molecule has 0 spiro atoms. The Morgan fingerprint density at radius 2 is 2.17 bits per heavy atom. The standard InChI is InChI=1S/C20H19ClO3/c1-13-7-9-15(24-2)11-20(13,21)12-18(19(22)23)17-10-8-14-5-3-4-6-16(14)17/h3-7,9-13H,8H2,1-2H3,(H,22,23). The van der Waals surface area contributed by atoms with E-state index in [0.717, 1.165) is 23.1 Å². The summed E-state index contributed by atoms with van der Waals surface area (Å²) >= 11 is 6.77. The second kappa shape index (κ2) is 6.33. The van der Waals surface area contributed by atoms with E-state index in [4.69, 9.17) is 16.3 Å². The van der Waals surface area contributed by atoms with Gasteiger partial charge in [0.15, 0.2) is 0 Å². The van der Waals surface area contributed by atoms with Gasteiger partial charge in [0, 0.05) is 5.92 Å². The van der Waals surface area contributed by atoms with Crippen molar-refractivity contribution < 1.29 is 14.6 Å². The predicted octanol–water partition coefficient (Wildman–Crippen LogP) is 4.35. The van der Waals surface area contributed by atoms with Gasteiger partial charge in [-0.2, -0.15) is 0 Å². The van der Waals surface area contributed by atoms with Crippen LogP contribution in [0.5, 0.6) is 0 Å². The number of carboxylic acids is 1. The SMILES string of the molecule is COC1=CC(Cl)(C=C(C(=O)O)C2=CCc3ccccc32)C(C)C=C1. The van der Waals surface area contributed by atoms with Crippen molar-refractivity contribution in [2.75, 3.05) is 7.11 Å². The molecule has 0 amide bonds. The van der Waals surface area contributed by atoms with Gasteiger partial charge in [0.25, 0.3) is 0 Å². The normalized spacial score (nSPS) is 25.8. The van der Waals surface area contributed by atoms with Gasteiger partial charge in [-0.3, -0.25) is 0 Å². The van der Waals surface area contributed by atoms with Gasteiger partial charge in [-0.05, 0) is 41.3 Å². The molecule has 4 heteroatoms. The highest BCUT2D eigenvalue weighted by atomic mass is 35.5. The fourth-order valence-electron chi connectivity index (χ4n) is 3.10. The van der Waals surface area contributed by atoms with Crippen LogP contribution >= 0.6 is 11.6 Å². The Bertz CT molecular complexity index is 801. The molecule has 0 aliphatic heterocycles. The molecular weight excluding hydrogens is 324 g/mol. The van der Waals surface area contributed by atoms with Crippen molar-refractivity contribution in [1.82, 2.24) is 0 Å². The Balaban J connectivity index is 2.07. The lowest BCUT2D eigenvalue weighted by Crippen LogP contribution is -2.28. The number of hydrogen-bond acceptors (Lipinski definition) is 2. The van der Waals surface area contributed by atoms with Crippen LogP contribution in [0.15, 0.2) is 66.0 Å². The zero-order valence-electron chi connectivity index (χ0n) is 13.6. The number of methoxy groups -OCH3 is 1. The molecule has 2 atom stereocenters. The highest BCUT2D eigenvalue weighted by Crippen LogP contribution is 2.40. The summed E-state index contributed by atoms with van der Waals surface area (Å²) in [5, 5.41) is 9.78. The third-order valence-corrected chi connectivity index (χ3v) is 5.13. The molecule has 2 aliphatic rings. The van der Waals surface area contributed by atoms with E-state index in [9.17, 15) is 9.90 Å². The van der Waals surface area contributed by atoms with Crippen LogP contribution in [0.25, 0.3) is 5.57 Å². The summed E-state index contributed by atoms with van der Waals surface area (Å²) in [5.74, 6) is -0.401.